The second kappa shape index (κ2) is 9.09. The number of aliphatic hydroxyl groups is 1. The molecule has 3 N–H and O–H groups in total. The first-order valence-electron chi connectivity index (χ1n) is 10.2. The summed E-state index contributed by atoms with van der Waals surface area (Å²) in [6, 6.07) is 11.3. The predicted molar refractivity (Wildman–Crippen MR) is 116 cm³/mol. The number of hydrogen-bond donors (Lipinski definition) is 3. The van der Waals surface area contributed by atoms with Gasteiger partial charge in [-0.2, -0.15) is 10.2 Å². The van der Waals surface area contributed by atoms with E-state index in [0.717, 1.165) is 43.0 Å². The van der Waals surface area contributed by atoms with Crippen molar-refractivity contribution in [2.75, 3.05) is 23.3 Å². The topological polar surface area (TPSA) is 114 Å². The average Bonchev–Trinajstić information content (AvgIpc) is 3.16. The number of nitriles is 1. The summed E-state index contributed by atoms with van der Waals surface area (Å²) in [6.07, 6.45) is 2.57. The highest BCUT2D eigenvalue weighted by Crippen LogP contribution is 2.23. The van der Waals surface area contributed by atoms with Crippen LogP contribution in [0.1, 0.15) is 44.9 Å². The summed E-state index contributed by atoms with van der Waals surface area (Å²) < 4.78 is 0. The minimum Gasteiger partial charge on any atom is -0.381 e. The molecule has 1 saturated heterocycles. The molecule has 3 rings (SSSR count). The molecule has 0 spiro atoms. The summed E-state index contributed by atoms with van der Waals surface area (Å²) >= 11 is 0. The van der Waals surface area contributed by atoms with Gasteiger partial charge in [-0.1, -0.05) is 19.4 Å². The lowest BCUT2D eigenvalue weighted by Gasteiger charge is -2.22. The molecule has 8 nitrogen and oxygen atoms in total. The van der Waals surface area contributed by atoms with Gasteiger partial charge in [-0.05, 0) is 44.9 Å². The molecule has 1 fully saturated rings. The molecule has 0 saturated carbocycles. The third-order valence-electron chi connectivity index (χ3n) is 4.92. The van der Waals surface area contributed by atoms with Gasteiger partial charge in [0.05, 0.1) is 11.6 Å². The Morgan fingerprint density at radius 1 is 1.37 bits per heavy atom. The standard InChI is InChI=1S/C22H28N6O2/c1-4-6-16-12-19(28-10-9-18(14-28)24-20(29)22(2,3)30)27-21(25-16)26-17-8-5-7-15(11-17)13-23/h5,7-8,11-12,18,30H,4,6,9-10,14H2,1-3H3,(H,24,29)(H,25,26,27). The summed E-state index contributed by atoms with van der Waals surface area (Å²) in [5.41, 5.74) is 0.858. The maximum Gasteiger partial charge on any atom is 0.251 e. The Labute approximate surface area is 177 Å². The van der Waals surface area contributed by atoms with Gasteiger partial charge in [-0.15, -0.1) is 0 Å². The summed E-state index contributed by atoms with van der Waals surface area (Å²) in [4.78, 5) is 23.5. The summed E-state index contributed by atoms with van der Waals surface area (Å²) in [5.74, 6) is 0.908. The lowest BCUT2D eigenvalue weighted by molar-refractivity contribution is -0.137. The van der Waals surface area contributed by atoms with Crippen LogP contribution in [0, 0.1) is 11.3 Å². The molecule has 1 aliphatic heterocycles. The van der Waals surface area contributed by atoms with Gasteiger partial charge in [0.2, 0.25) is 5.95 Å². The number of benzene rings is 1. The first-order chi connectivity index (χ1) is 14.3. The van der Waals surface area contributed by atoms with E-state index in [1.54, 1.807) is 12.1 Å². The first kappa shape index (κ1) is 21.5. The van der Waals surface area contributed by atoms with Gasteiger partial charge in [0.25, 0.3) is 5.91 Å². The Hall–Kier alpha value is -3.18. The lowest BCUT2D eigenvalue weighted by Crippen LogP contribution is -2.47. The van der Waals surface area contributed by atoms with E-state index in [0.29, 0.717) is 18.1 Å². The number of hydrogen-bond acceptors (Lipinski definition) is 7. The second-order valence-corrected chi connectivity index (χ2v) is 8.07. The molecule has 2 aromatic rings. The van der Waals surface area contributed by atoms with Crippen molar-refractivity contribution in [1.82, 2.24) is 15.3 Å². The monoisotopic (exact) mass is 408 g/mol. The van der Waals surface area contributed by atoms with Crippen molar-refractivity contribution in [1.29, 1.82) is 5.26 Å². The Morgan fingerprint density at radius 3 is 2.87 bits per heavy atom. The van der Waals surface area contributed by atoms with E-state index in [9.17, 15) is 9.90 Å². The predicted octanol–water partition coefficient (Wildman–Crippen LogP) is 2.51. The number of rotatable bonds is 7. The number of amides is 1. The molecule has 30 heavy (non-hydrogen) atoms. The molecule has 1 aromatic carbocycles. The van der Waals surface area contributed by atoms with Crippen LogP contribution in [0.4, 0.5) is 17.5 Å². The zero-order chi connectivity index (χ0) is 21.7. The van der Waals surface area contributed by atoms with Crippen LogP contribution in [0.2, 0.25) is 0 Å². The molecule has 1 aliphatic rings. The maximum absolute atomic E-state index is 12.1. The van der Waals surface area contributed by atoms with E-state index in [2.05, 4.69) is 38.5 Å². The van der Waals surface area contributed by atoms with E-state index in [-0.39, 0.29) is 11.9 Å². The van der Waals surface area contributed by atoms with Gasteiger partial charge in [-0.3, -0.25) is 4.79 Å². The van der Waals surface area contributed by atoms with E-state index in [4.69, 9.17) is 5.26 Å². The quantitative estimate of drug-likeness (QED) is 0.645. The third-order valence-corrected chi connectivity index (χ3v) is 4.92. The van der Waals surface area contributed by atoms with Gasteiger partial charge in [0.1, 0.15) is 11.4 Å². The van der Waals surface area contributed by atoms with Crippen LogP contribution in [0.15, 0.2) is 30.3 Å². The zero-order valence-electron chi connectivity index (χ0n) is 17.6. The Balaban J connectivity index is 1.78. The minimum atomic E-state index is -1.40. The highest BCUT2D eigenvalue weighted by atomic mass is 16.3. The fourth-order valence-corrected chi connectivity index (χ4v) is 3.33. The van der Waals surface area contributed by atoms with E-state index >= 15 is 0 Å². The SMILES string of the molecule is CCCc1cc(N2CCC(NC(=O)C(C)(C)O)C2)nc(Nc2cccc(C#N)c2)n1. The highest BCUT2D eigenvalue weighted by Gasteiger charge is 2.30. The molecule has 8 heteroatoms. The van der Waals surface area contributed by atoms with Gasteiger partial charge >= 0.3 is 0 Å². The summed E-state index contributed by atoms with van der Waals surface area (Å²) in [5, 5.41) is 25.1. The minimum absolute atomic E-state index is 0.0442. The largest absolute Gasteiger partial charge is 0.381 e. The second-order valence-electron chi connectivity index (χ2n) is 8.07. The number of carbonyl (C=O) groups excluding carboxylic acids is 1. The molecule has 1 unspecified atom stereocenters. The molecular formula is C22H28N6O2. The van der Waals surface area contributed by atoms with E-state index < -0.39 is 5.60 Å². The van der Waals surface area contributed by atoms with Crippen molar-refractivity contribution >= 4 is 23.4 Å². The van der Waals surface area contributed by atoms with Crippen LogP contribution in [0.25, 0.3) is 0 Å². The van der Waals surface area contributed by atoms with Gasteiger partial charge in [0.15, 0.2) is 0 Å². The molecule has 2 heterocycles. The first-order valence-corrected chi connectivity index (χ1v) is 10.2. The number of nitrogens with one attached hydrogen (secondary N) is 2. The molecule has 1 atom stereocenters. The molecule has 0 bridgehead atoms. The Morgan fingerprint density at radius 2 is 2.17 bits per heavy atom. The molecule has 158 valence electrons. The van der Waals surface area contributed by atoms with Crippen molar-refractivity contribution in [2.45, 2.75) is 51.7 Å². The number of aromatic nitrogens is 2. The van der Waals surface area contributed by atoms with Crippen LogP contribution in [0.3, 0.4) is 0 Å². The van der Waals surface area contributed by atoms with Crippen molar-refractivity contribution in [3.8, 4) is 6.07 Å². The van der Waals surface area contributed by atoms with Gasteiger partial charge < -0.3 is 20.6 Å². The van der Waals surface area contributed by atoms with E-state index in [1.807, 2.05) is 18.2 Å². The normalized spacial score (nSPS) is 16.2. The smallest absolute Gasteiger partial charge is 0.251 e. The highest BCUT2D eigenvalue weighted by molar-refractivity contribution is 5.84. The maximum atomic E-state index is 12.1. The molecule has 1 aromatic heterocycles. The van der Waals surface area contributed by atoms with Gasteiger partial charge in [-0.25, -0.2) is 4.98 Å². The zero-order valence-corrected chi connectivity index (χ0v) is 17.6. The average molecular weight is 409 g/mol. The van der Waals surface area contributed by atoms with Crippen molar-refractivity contribution < 1.29 is 9.90 Å². The van der Waals surface area contributed by atoms with Gasteiger partial charge in [0, 0.05) is 36.6 Å². The van der Waals surface area contributed by atoms with Crippen LogP contribution >= 0.6 is 0 Å². The number of aryl methyl sites for hydroxylation is 1. The van der Waals surface area contributed by atoms with E-state index in [1.165, 1.54) is 13.8 Å². The molecular weight excluding hydrogens is 380 g/mol. The third kappa shape index (κ3) is 5.45. The Bertz CT molecular complexity index is 947. The fraction of sp³-hybridized carbons (Fsp3) is 0.455. The number of anilines is 3. The molecule has 0 aliphatic carbocycles. The fourth-order valence-electron chi connectivity index (χ4n) is 3.33. The van der Waals surface area contributed by atoms with Crippen molar-refractivity contribution in [3.05, 3.63) is 41.6 Å². The van der Waals surface area contributed by atoms with Crippen LogP contribution in [0.5, 0.6) is 0 Å². The van der Waals surface area contributed by atoms with Crippen molar-refractivity contribution in [2.24, 2.45) is 0 Å². The van der Waals surface area contributed by atoms with Crippen LogP contribution in [-0.2, 0) is 11.2 Å². The summed E-state index contributed by atoms with van der Waals surface area (Å²) in [6.45, 7) is 6.44. The van der Waals surface area contributed by atoms with Crippen LogP contribution < -0.4 is 15.5 Å². The molecule has 0 radical (unpaired) electrons. The molecule has 1 amide bonds. The lowest BCUT2D eigenvalue weighted by atomic mass is 10.1. The number of carbonyl (C=O) groups is 1. The number of nitrogens with zero attached hydrogens (tertiary/aromatic N) is 4. The summed E-state index contributed by atoms with van der Waals surface area (Å²) in [7, 11) is 0. The van der Waals surface area contributed by atoms with Crippen molar-refractivity contribution in [3.63, 3.8) is 0 Å². The van der Waals surface area contributed by atoms with Crippen LogP contribution in [-0.4, -0.2) is 45.7 Å². The Kier molecular flexibility index (Phi) is 6.53.